The standard InChI is InChI=1S/C23H28FN5O.HI/c1-3-25-23(26-15-12-18-4-10-22(30-2)11-5-18)27-16-13-20-14-17-29(28-20)21-8-6-19(24)7-9-21;/h4-11,14,17H,3,12-13,15-16H2,1-2H3,(H2,25,26,27);1H. The Balaban J connectivity index is 0.00000341. The number of hydrogen-bond donors (Lipinski definition) is 2. The number of ether oxygens (including phenoxy) is 1. The molecule has 0 radical (unpaired) electrons. The lowest BCUT2D eigenvalue weighted by Crippen LogP contribution is -2.38. The van der Waals surface area contributed by atoms with Gasteiger partial charge in [-0.1, -0.05) is 12.1 Å². The van der Waals surface area contributed by atoms with Crippen molar-refractivity contribution >= 4 is 29.9 Å². The molecule has 6 nitrogen and oxygen atoms in total. The number of halogens is 2. The Morgan fingerprint density at radius 3 is 2.45 bits per heavy atom. The second kappa shape index (κ2) is 12.9. The molecule has 0 aliphatic rings. The first kappa shape index (κ1) is 24.6. The van der Waals surface area contributed by atoms with Crippen molar-refractivity contribution in [1.82, 2.24) is 20.4 Å². The minimum Gasteiger partial charge on any atom is -0.497 e. The number of hydrogen-bond acceptors (Lipinski definition) is 3. The summed E-state index contributed by atoms with van der Waals surface area (Å²) in [5.74, 6) is 1.41. The van der Waals surface area contributed by atoms with Crippen LogP contribution in [0.2, 0.25) is 0 Å². The molecule has 0 unspecified atom stereocenters. The number of guanidine groups is 1. The maximum atomic E-state index is 13.1. The predicted molar refractivity (Wildman–Crippen MR) is 133 cm³/mol. The number of methoxy groups -OCH3 is 1. The van der Waals surface area contributed by atoms with Crippen molar-refractivity contribution in [2.45, 2.75) is 19.8 Å². The van der Waals surface area contributed by atoms with E-state index in [1.807, 2.05) is 31.3 Å². The molecule has 3 aromatic rings. The molecule has 1 aromatic heterocycles. The molecule has 2 N–H and O–H groups in total. The summed E-state index contributed by atoms with van der Waals surface area (Å²) in [6, 6.07) is 16.3. The quantitative estimate of drug-likeness (QED) is 0.246. The van der Waals surface area contributed by atoms with E-state index in [-0.39, 0.29) is 29.8 Å². The van der Waals surface area contributed by atoms with Gasteiger partial charge >= 0.3 is 0 Å². The molecule has 0 aliphatic carbocycles. The molecule has 8 heteroatoms. The van der Waals surface area contributed by atoms with Gasteiger partial charge in [0, 0.05) is 32.3 Å². The van der Waals surface area contributed by atoms with Crippen LogP contribution in [-0.2, 0) is 12.8 Å². The Kier molecular flexibility index (Phi) is 10.3. The highest BCUT2D eigenvalue weighted by Crippen LogP contribution is 2.11. The summed E-state index contributed by atoms with van der Waals surface area (Å²) in [5, 5.41) is 11.2. The van der Waals surface area contributed by atoms with Crippen LogP contribution in [0.15, 0.2) is 65.8 Å². The van der Waals surface area contributed by atoms with Gasteiger partial charge < -0.3 is 15.4 Å². The van der Waals surface area contributed by atoms with E-state index in [0.717, 1.165) is 49.0 Å². The first-order valence-electron chi connectivity index (χ1n) is 10.1. The third-order valence-corrected chi connectivity index (χ3v) is 4.58. The number of benzene rings is 2. The Hall–Kier alpha value is -2.62. The lowest BCUT2D eigenvalue weighted by atomic mass is 10.1. The zero-order valence-electron chi connectivity index (χ0n) is 17.8. The van der Waals surface area contributed by atoms with Gasteiger partial charge in [-0.25, -0.2) is 9.07 Å². The SMILES string of the molecule is CCNC(=NCCc1ccn(-c2ccc(F)cc2)n1)NCCc1ccc(OC)cc1.I. The van der Waals surface area contributed by atoms with Gasteiger partial charge in [0.25, 0.3) is 0 Å². The number of rotatable bonds is 9. The fourth-order valence-electron chi connectivity index (χ4n) is 2.97. The highest BCUT2D eigenvalue weighted by Gasteiger charge is 2.03. The van der Waals surface area contributed by atoms with Crippen LogP contribution in [0.1, 0.15) is 18.2 Å². The van der Waals surface area contributed by atoms with Gasteiger partial charge in [0.1, 0.15) is 11.6 Å². The Bertz CT molecular complexity index is 941. The normalized spacial score (nSPS) is 11.0. The molecule has 1 heterocycles. The summed E-state index contributed by atoms with van der Waals surface area (Å²) in [7, 11) is 1.67. The van der Waals surface area contributed by atoms with Crippen molar-refractivity contribution in [3.63, 3.8) is 0 Å². The summed E-state index contributed by atoms with van der Waals surface area (Å²) < 4.78 is 20.0. The number of aromatic nitrogens is 2. The molecule has 2 aromatic carbocycles. The molecule has 0 amide bonds. The molecule has 0 atom stereocenters. The van der Waals surface area contributed by atoms with E-state index in [0.29, 0.717) is 6.54 Å². The summed E-state index contributed by atoms with van der Waals surface area (Å²) in [5.41, 5.74) is 3.02. The van der Waals surface area contributed by atoms with Crippen LogP contribution in [0.25, 0.3) is 5.69 Å². The van der Waals surface area contributed by atoms with E-state index in [9.17, 15) is 4.39 Å². The van der Waals surface area contributed by atoms with Gasteiger partial charge in [-0.05, 0) is 61.4 Å². The van der Waals surface area contributed by atoms with E-state index in [1.165, 1.54) is 17.7 Å². The Labute approximate surface area is 199 Å². The highest BCUT2D eigenvalue weighted by atomic mass is 127. The van der Waals surface area contributed by atoms with Gasteiger partial charge in [-0.15, -0.1) is 24.0 Å². The average molecular weight is 537 g/mol. The van der Waals surface area contributed by atoms with E-state index in [4.69, 9.17) is 4.74 Å². The first-order valence-corrected chi connectivity index (χ1v) is 10.1. The van der Waals surface area contributed by atoms with Crippen LogP contribution in [-0.4, -0.2) is 42.5 Å². The maximum Gasteiger partial charge on any atom is 0.191 e. The van der Waals surface area contributed by atoms with Crippen molar-refractivity contribution in [3.05, 3.63) is 77.9 Å². The average Bonchev–Trinajstić information content (AvgIpc) is 3.23. The van der Waals surface area contributed by atoms with Crippen molar-refractivity contribution < 1.29 is 9.13 Å². The summed E-state index contributed by atoms with van der Waals surface area (Å²) in [6.07, 6.45) is 3.50. The second-order valence-electron chi connectivity index (χ2n) is 6.76. The van der Waals surface area contributed by atoms with Crippen molar-refractivity contribution in [2.75, 3.05) is 26.7 Å². The molecular formula is C23H29FIN5O. The molecule has 0 spiro atoms. The van der Waals surface area contributed by atoms with Crippen LogP contribution < -0.4 is 15.4 Å². The number of nitrogens with one attached hydrogen (secondary N) is 2. The number of nitrogens with zero attached hydrogens (tertiary/aromatic N) is 3. The lowest BCUT2D eigenvalue weighted by Gasteiger charge is -2.11. The molecule has 0 saturated heterocycles. The summed E-state index contributed by atoms with van der Waals surface area (Å²) in [4.78, 5) is 4.64. The molecule has 166 valence electrons. The third kappa shape index (κ3) is 7.86. The maximum absolute atomic E-state index is 13.1. The Morgan fingerprint density at radius 2 is 1.77 bits per heavy atom. The largest absolute Gasteiger partial charge is 0.497 e. The number of aliphatic imine (C=N–C) groups is 1. The third-order valence-electron chi connectivity index (χ3n) is 4.58. The van der Waals surface area contributed by atoms with Gasteiger partial charge in [-0.3, -0.25) is 4.99 Å². The van der Waals surface area contributed by atoms with Gasteiger partial charge in [-0.2, -0.15) is 5.10 Å². The van der Waals surface area contributed by atoms with E-state index >= 15 is 0 Å². The Morgan fingerprint density at radius 1 is 1.03 bits per heavy atom. The molecule has 31 heavy (non-hydrogen) atoms. The molecule has 0 bridgehead atoms. The van der Waals surface area contributed by atoms with Crippen molar-refractivity contribution in [3.8, 4) is 11.4 Å². The lowest BCUT2D eigenvalue weighted by molar-refractivity contribution is 0.414. The van der Waals surface area contributed by atoms with E-state index < -0.39 is 0 Å². The van der Waals surface area contributed by atoms with Crippen molar-refractivity contribution in [2.24, 2.45) is 4.99 Å². The molecule has 0 fully saturated rings. The first-order chi connectivity index (χ1) is 14.7. The van der Waals surface area contributed by atoms with Crippen LogP contribution in [0, 0.1) is 5.82 Å². The highest BCUT2D eigenvalue weighted by molar-refractivity contribution is 14.0. The zero-order valence-corrected chi connectivity index (χ0v) is 20.2. The van der Waals surface area contributed by atoms with Crippen molar-refractivity contribution in [1.29, 1.82) is 0 Å². The van der Waals surface area contributed by atoms with Crippen LogP contribution in [0.5, 0.6) is 5.75 Å². The van der Waals surface area contributed by atoms with Gasteiger partial charge in [0.05, 0.1) is 18.5 Å². The van der Waals surface area contributed by atoms with Crippen LogP contribution in [0.4, 0.5) is 4.39 Å². The molecule has 0 aliphatic heterocycles. The fraction of sp³-hybridized carbons (Fsp3) is 0.304. The molecular weight excluding hydrogens is 508 g/mol. The van der Waals surface area contributed by atoms with E-state index in [1.54, 1.807) is 23.9 Å². The smallest absolute Gasteiger partial charge is 0.191 e. The van der Waals surface area contributed by atoms with Gasteiger partial charge in [0.2, 0.25) is 0 Å². The molecule has 0 saturated carbocycles. The second-order valence-corrected chi connectivity index (χ2v) is 6.76. The predicted octanol–water partition coefficient (Wildman–Crippen LogP) is 3.98. The monoisotopic (exact) mass is 537 g/mol. The topological polar surface area (TPSA) is 63.5 Å². The summed E-state index contributed by atoms with van der Waals surface area (Å²) in [6.45, 7) is 4.26. The zero-order chi connectivity index (χ0) is 21.2. The van der Waals surface area contributed by atoms with E-state index in [2.05, 4.69) is 32.9 Å². The van der Waals surface area contributed by atoms with Crippen LogP contribution in [0.3, 0.4) is 0 Å². The molecule has 3 rings (SSSR count). The van der Waals surface area contributed by atoms with Gasteiger partial charge in [0.15, 0.2) is 5.96 Å². The minimum atomic E-state index is -0.254. The fourth-order valence-corrected chi connectivity index (χ4v) is 2.97. The summed E-state index contributed by atoms with van der Waals surface area (Å²) >= 11 is 0. The minimum absolute atomic E-state index is 0. The van der Waals surface area contributed by atoms with Crippen LogP contribution >= 0.6 is 24.0 Å².